The fourth-order valence-corrected chi connectivity index (χ4v) is 3.54. The van der Waals surface area contributed by atoms with Crippen LogP contribution in [-0.2, 0) is 17.9 Å². The molecular formula is C22H23N5O. The molecule has 0 saturated carbocycles. The van der Waals surface area contributed by atoms with Crippen molar-refractivity contribution in [3.8, 4) is 11.3 Å². The Hall–Kier alpha value is -3.41. The number of aromatic amines is 1. The average molecular weight is 373 g/mol. The van der Waals surface area contributed by atoms with Crippen molar-refractivity contribution in [2.75, 3.05) is 0 Å². The number of rotatable bonds is 6. The zero-order chi connectivity index (χ0) is 19.5. The topological polar surface area (TPSA) is 75.6 Å². The first kappa shape index (κ1) is 18.0. The Morgan fingerprint density at radius 2 is 2.00 bits per heavy atom. The van der Waals surface area contributed by atoms with E-state index in [4.69, 9.17) is 0 Å². The van der Waals surface area contributed by atoms with Crippen molar-refractivity contribution in [1.29, 1.82) is 0 Å². The van der Waals surface area contributed by atoms with Gasteiger partial charge in [-0.15, -0.1) is 0 Å². The molecule has 0 aliphatic rings. The lowest BCUT2D eigenvalue weighted by molar-refractivity contribution is -0.121. The highest BCUT2D eigenvalue weighted by atomic mass is 16.1. The van der Waals surface area contributed by atoms with Gasteiger partial charge in [-0.1, -0.05) is 42.0 Å². The molecule has 0 saturated heterocycles. The van der Waals surface area contributed by atoms with Gasteiger partial charge in [0.15, 0.2) is 0 Å². The summed E-state index contributed by atoms with van der Waals surface area (Å²) >= 11 is 0. The van der Waals surface area contributed by atoms with Gasteiger partial charge in [-0.05, 0) is 36.6 Å². The van der Waals surface area contributed by atoms with Crippen molar-refractivity contribution in [3.05, 3.63) is 71.8 Å². The van der Waals surface area contributed by atoms with Crippen LogP contribution in [0.4, 0.5) is 0 Å². The molecule has 2 aromatic carbocycles. The first-order valence-electron chi connectivity index (χ1n) is 9.38. The third kappa shape index (κ3) is 3.67. The number of H-pyrrole nitrogens is 1. The highest BCUT2D eigenvalue weighted by Crippen LogP contribution is 2.32. The van der Waals surface area contributed by atoms with Crippen LogP contribution in [0.25, 0.3) is 22.2 Å². The third-order valence-corrected chi connectivity index (χ3v) is 4.97. The molecule has 6 nitrogen and oxygen atoms in total. The number of benzene rings is 2. The summed E-state index contributed by atoms with van der Waals surface area (Å²) in [6.45, 7) is 5.24. The van der Waals surface area contributed by atoms with Crippen LogP contribution in [0, 0.1) is 13.8 Å². The van der Waals surface area contributed by atoms with Crippen LogP contribution in [-0.4, -0.2) is 25.7 Å². The average Bonchev–Trinajstić information content (AvgIpc) is 3.34. The SMILES string of the molecule is Cc1cc(CNC(=O)CCn2cncn2)c2[nH]c(-c3ccccc3)c(C)c2c1. The first-order chi connectivity index (χ1) is 13.6. The lowest BCUT2D eigenvalue weighted by Crippen LogP contribution is -2.24. The minimum atomic E-state index is -0.00304. The van der Waals surface area contributed by atoms with E-state index < -0.39 is 0 Å². The molecule has 0 atom stereocenters. The van der Waals surface area contributed by atoms with Crippen molar-refractivity contribution < 1.29 is 4.79 Å². The molecule has 2 heterocycles. The van der Waals surface area contributed by atoms with Gasteiger partial charge in [0.25, 0.3) is 0 Å². The minimum absolute atomic E-state index is 0.00304. The van der Waals surface area contributed by atoms with E-state index in [1.807, 2.05) is 18.2 Å². The van der Waals surface area contributed by atoms with E-state index in [9.17, 15) is 4.79 Å². The number of aryl methyl sites for hydroxylation is 3. The Kier molecular flexibility index (Phi) is 4.93. The van der Waals surface area contributed by atoms with Crippen molar-refractivity contribution in [2.24, 2.45) is 0 Å². The summed E-state index contributed by atoms with van der Waals surface area (Å²) in [4.78, 5) is 19.7. The zero-order valence-corrected chi connectivity index (χ0v) is 16.1. The Bertz CT molecular complexity index is 1100. The zero-order valence-electron chi connectivity index (χ0n) is 16.1. The molecule has 28 heavy (non-hydrogen) atoms. The second kappa shape index (κ2) is 7.68. The van der Waals surface area contributed by atoms with E-state index in [1.54, 1.807) is 11.0 Å². The van der Waals surface area contributed by atoms with Crippen molar-refractivity contribution in [2.45, 2.75) is 33.4 Å². The smallest absolute Gasteiger partial charge is 0.222 e. The lowest BCUT2D eigenvalue weighted by atomic mass is 10.0. The Morgan fingerprint density at radius 3 is 2.75 bits per heavy atom. The lowest BCUT2D eigenvalue weighted by Gasteiger charge is -2.08. The van der Waals surface area contributed by atoms with Gasteiger partial charge >= 0.3 is 0 Å². The maximum atomic E-state index is 12.2. The molecule has 0 spiro atoms. The fourth-order valence-electron chi connectivity index (χ4n) is 3.54. The van der Waals surface area contributed by atoms with E-state index >= 15 is 0 Å². The van der Waals surface area contributed by atoms with E-state index in [0.29, 0.717) is 19.5 Å². The van der Waals surface area contributed by atoms with Gasteiger partial charge in [-0.25, -0.2) is 4.98 Å². The molecule has 0 radical (unpaired) electrons. The van der Waals surface area contributed by atoms with Crippen LogP contribution in [0.1, 0.15) is 23.1 Å². The predicted octanol–water partition coefficient (Wildman–Crippen LogP) is 3.75. The molecule has 2 aromatic heterocycles. The summed E-state index contributed by atoms with van der Waals surface area (Å²) in [5.41, 5.74) is 6.87. The van der Waals surface area contributed by atoms with E-state index in [0.717, 1.165) is 22.3 Å². The molecule has 0 unspecified atom stereocenters. The Labute approximate surface area is 163 Å². The number of nitrogens with zero attached hydrogens (tertiary/aromatic N) is 3. The van der Waals surface area contributed by atoms with Crippen LogP contribution >= 0.6 is 0 Å². The molecule has 1 amide bonds. The van der Waals surface area contributed by atoms with Gasteiger partial charge in [0.1, 0.15) is 12.7 Å². The first-order valence-corrected chi connectivity index (χ1v) is 9.38. The summed E-state index contributed by atoms with van der Waals surface area (Å²) in [5.74, 6) is -0.00304. The van der Waals surface area contributed by atoms with Gasteiger partial charge in [-0.3, -0.25) is 9.48 Å². The van der Waals surface area contributed by atoms with Crippen LogP contribution in [0.15, 0.2) is 55.1 Å². The number of nitrogens with one attached hydrogen (secondary N) is 2. The largest absolute Gasteiger partial charge is 0.354 e. The molecule has 0 aliphatic heterocycles. The molecule has 0 aliphatic carbocycles. The predicted molar refractivity (Wildman–Crippen MR) is 110 cm³/mol. The molecule has 4 rings (SSSR count). The Balaban J connectivity index is 1.56. The second-order valence-electron chi connectivity index (χ2n) is 7.02. The number of amides is 1. The van der Waals surface area contributed by atoms with Crippen LogP contribution in [0.2, 0.25) is 0 Å². The molecule has 2 N–H and O–H groups in total. The monoisotopic (exact) mass is 373 g/mol. The van der Waals surface area contributed by atoms with E-state index in [1.165, 1.54) is 22.8 Å². The number of aromatic nitrogens is 4. The minimum Gasteiger partial charge on any atom is -0.354 e. The summed E-state index contributed by atoms with van der Waals surface area (Å²) < 4.78 is 1.66. The standard InChI is InChI=1S/C22H23N5O/c1-15-10-18(12-24-20(28)8-9-27-14-23-13-25-27)22-19(11-15)16(2)21(26-22)17-6-4-3-5-7-17/h3-7,10-11,13-14,26H,8-9,12H2,1-2H3,(H,24,28). The third-order valence-electron chi connectivity index (χ3n) is 4.97. The normalized spacial score (nSPS) is 11.1. The highest BCUT2D eigenvalue weighted by molar-refractivity contribution is 5.93. The van der Waals surface area contributed by atoms with Crippen molar-refractivity contribution in [3.63, 3.8) is 0 Å². The van der Waals surface area contributed by atoms with Crippen LogP contribution in [0.3, 0.4) is 0 Å². The second-order valence-corrected chi connectivity index (χ2v) is 7.02. The van der Waals surface area contributed by atoms with Gasteiger partial charge in [0, 0.05) is 24.0 Å². The summed E-state index contributed by atoms with van der Waals surface area (Å²) in [6.07, 6.45) is 3.46. The number of carbonyl (C=O) groups excluding carboxylic acids is 1. The van der Waals surface area contributed by atoms with Crippen molar-refractivity contribution in [1.82, 2.24) is 25.1 Å². The van der Waals surface area contributed by atoms with Gasteiger partial charge in [0.2, 0.25) is 5.91 Å². The molecular weight excluding hydrogens is 350 g/mol. The van der Waals surface area contributed by atoms with Crippen molar-refractivity contribution >= 4 is 16.8 Å². The number of fused-ring (bicyclic) bond motifs is 1. The van der Waals surface area contributed by atoms with Crippen LogP contribution < -0.4 is 5.32 Å². The van der Waals surface area contributed by atoms with Gasteiger partial charge < -0.3 is 10.3 Å². The Morgan fingerprint density at radius 1 is 1.18 bits per heavy atom. The number of hydrogen-bond donors (Lipinski definition) is 2. The summed E-state index contributed by atoms with van der Waals surface area (Å²) in [6, 6.07) is 14.6. The van der Waals surface area contributed by atoms with Gasteiger partial charge in [0.05, 0.1) is 12.1 Å². The van der Waals surface area contributed by atoms with E-state index in [-0.39, 0.29) is 5.91 Å². The highest BCUT2D eigenvalue weighted by Gasteiger charge is 2.13. The quantitative estimate of drug-likeness (QED) is 0.540. The molecule has 0 fully saturated rings. The number of hydrogen-bond acceptors (Lipinski definition) is 3. The number of carbonyl (C=O) groups is 1. The maximum absolute atomic E-state index is 12.2. The van der Waals surface area contributed by atoms with E-state index in [2.05, 4.69) is 58.5 Å². The fraction of sp³-hybridized carbons (Fsp3) is 0.227. The molecule has 0 bridgehead atoms. The van der Waals surface area contributed by atoms with Crippen LogP contribution in [0.5, 0.6) is 0 Å². The molecule has 4 aromatic rings. The molecule has 142 valence electrons. The summed E-state index contributed by atoms with van der Waals surface area (Å²) in [7, 11) is 0. The summed E-state index contributed by atoms with van der Waals surface area (Å²) in [5, 5.41) is 8.25. The maximum Gasteiger partial charge on any atom is 0.222 e. The van der Waals surface area contributed by atoms with Gasteiger partial charge in [-0.2, -0.15) is 5.10 Å². The molecule has 6 heteroatoms.